The minimum absolute atomic E-state index is 0. The van der Waals surface area contributed by atoms with Crippen LogP contribution in [0.4, 0.5) is 0 Å². The molecule has 6 heteroatoms. The van der Waals surface area contributed by atoms with Crippen molar-refractivity contribution in [3.8, 4) is 5.75 Å². The number of aryl methyl sites for hydroxylation is 1. The third-order valence-electron chi connectivity index (χ3n) is 4.08. The monoisotopic (exact) mass is 476 g/mol. The van der Waals surface area contributed by atoms with Crippen molar-refractivity contribution in [3.05, 3.63) is 29.8 Å². The van der Waals surface area contributed by atoms with Crippen LogP contribution in [-0.4, -0.2) is 56.7 Å². The van der Waals surface area contributed by atoms with Gasteiger partial charge in [-0.3, -0.25) is 4.99 Å². The zero-order valence-electron chi connectivity index (χ0n) is 16.9. The Labute approximate surface area is 177 Å². The fraction of sp³-hybridized carbons (Fsp3) is 0.650. The Bertz CT molecular complexity index is 475. The Morgan fingerprint density at radius 1 is 1.04 bits per heavy atom. The summed E-state index contributed by atoms with van der Waals surface area (Å²) < 4.78 is 5.73. The Hall–Kier alpha value is -1.02. The second-order valence-corrected chi connectivity index (χ2v) is 6.08. The molecule has 0 amide bonds. The molecule has 0 bridgehead atoms. The third-order valence-corrected chi connectivity index (χ3v) is 4.08. The minimum atomic E-state index is 0. The quantitative estimate of drug-likeness (QED) is 0.209. The van der Waals surface area contributed by atoms with Gasteiger partial charge in [-0.1, -0.05) is 31.5 Å². The maximum atomic E-state index is 5.73. The Balaban J connectivity index is 0.00000625. The van der Waals surface area contributed by atoms with E-state index in [9.17, 15) is 0 Å². The zero-order chi connectivity index (χ0) is 18.3. The maximum absolute atomic E-state index is 5.73. The molecule has 1 aromatic rings. The summed E-state index contributed by atoms with van der Waals surface area (Å²) in [4.78, 5) is 7.09. The minimum Gasteiger partial charge on any atom is -0.492 e. The molecule has 0 aliphatic heterocycles. The number of nitrogens with zero attached hydrogens (tertiary/aromatic N) is 2. The van der Waals surface area contributed by atoms with Crippen molar-refractivity contribution >= 4 is 29.9 Å². The van der Waals surface area contributed by atoms with Gasteiger partial charge >= 0.3 is 0 Å². The number of hydrogen-bond donors (Lipinski definition) is 2. The summed E-state index contributed by atoms with van der Waals surface area (Å²) in [6, 6.07) is 8.13. The number of unbranched alkanes of at least 4 members (excludes halogenated alkanes) is 1. The van der Waals surface area contributed by atoms with Gasteiger partial charge in [0.1, 0.15) is 12.4 Å². The molecule has 150 valence electrons. The second-order valence-electron chi connectivity index (χ2n) is 6.08. The Morgan fingerprint density at radius 2 is 1.73 bits per heavy atom. The predicted molar refractivity (Wildman–Crippen MR) is 123 cm³/mol. The van der Waals surface area contributed by atoms with Gasteiger partial charge in [0.15, 0.2) is 5.96 Å². The maximum Gasteiger partial charge on any atom is 0.191 e. The van der Waals surface area contributed by atoms with Crippen LogP contribution in [0, 0.1) is 6.92 Å². The summed E-state index contributed by atoms with van der Waals surface area (Å²) in [5, 5.41) is 6.61. The van der Waals surface area contributed by atoms with Crippen LogP contribution in [-0.2, 0) is 0 Å². The zero-order valence-corrected chi connectivity index (χ0v) is 19.2. The van der Waals surface area contributed by atoms with Gasteiger partial charge in [0.25, 0.3) is 0 Å². The summed E-state index contributed by atoms with van der Waals surface area (Å²) >= 11 is 0. The molecule has 0 saturated heterocycles. The molecule has 0 atom stereocenters. The number of hydrogen-bond acceptors (Lipinski definition) is 3. The number of nitrogens with one attached hydrogen (secondary N) is 2. The van der Waals surface area contributed by atoms with E-state index in [0.29, 0.717) is 6.61 Å². The molecule has 1 aromatic carbocycles. The van der Waals surface area contributed by atoms with E-state index in [0.717, 1.165) is 57.4 Å². The molecule has 0 saturated carbocycles. The lowest BCUT2D eigenvalue weighted by Gasteiger charge is -2.17. The van der Waals surface area contributed by atoms with Gasteiger partial charge < -0.3 is 20.3 Å². The molecule has 0 aliphatic carbocycles. The number of guanidine groups is 1. The van der Waals surface area contributed by atoms with E-state index >= 15 is 0 Å². The standard InChI is InChI=1S/C20H36N4O.HI/c1-5-21-20(22-14-8-9-16-24(6-2)7-3)23-15-17-25-19-12-10-18(4)11-13-19;/h10-13H,5-9,14-17H2,1-4H3,(H2,21,22,23);1H. The number of benzene rings is 1. The highest BCUT2D eigenvalue weighted by molar-refractivity contribution is 14.0. The topological polar surface area (TPSA) is 48.9 Å². The van der Waals surface area contributed by atoms with Crippen LogP contribution in [0.1, 0.15) is 39.2 Å². The van der Waals surface area contributed by atoms with Crippen molar-refractivity contribution in [3.63, 3.8) is 0 Å². The van der Waals surface area contributed by atoms with Crippen molar-refractivity contribution in [2.45, 2.75) is 40.5 Å². The molecule has 0 aromatic heterocycles. The smallest absolute Gasteiger partial charge is 0.191 e. The van der Waals surface area contributed by atoms with E-state index in [1.165, 1.54) is 12.0 Å². The summed E-state index contributed by atoms with van der Waals surface area (Å²) in [6.45, 7) is 15.1. The van der Waals surface area contributed by atoms with Crippen LogP contribution in [0.15, 0.2) is 29.3 Å². The van der Waals surface area contributed by atoms with Gasteiger partial charge in [0, 0.05) is 13.1 Å². The SMILES string of the molecule is CCNC(=NCCCCN(CC)CC)NCCOc1ccc(C)cc1.I. The van der Waals surface area contributed by atoms with E-state index in [1.807, 2.05) is 12.1 Å². The van der Waals surface area contributed by atoms with Gasteiger partial charge in [-0.2, -0.15) is 0 Å². The number of ether oxygens (including phenoxy) is 1. The van der Waals surface area contributed by atoms with Crippen LogP contribution < -0.4 is 15.4 Å². The molecule has 2 N–H and O–H groups in total. The van der Waals surface area contributed by atoms with E-state index in [1.54, 1.807) is 0 Å². The lowest BCUT2D eigenvalue weighted by molar-refractivity contribution is 0.297. The van der Waals surface area contributed by atoms with E-state index in [2.05, 4.69) is 60.4 Å². The molecular weight excluding hydrogens is 439 g/mol. The number of halogens is 1. The molecule has 5 nitrogen and oxygen atoms in total. The summed E-state index contributed by atoms with van der Waals surface area (Å²) in [5.41, 5.74) is 1.24. The molecule has 0 heterocycles. The Morgan fingerprint density at radius 3 is 2.35 bits per heavy atom. The first-order valence-corrected chi connectivity index (χ1v) is 9.63. The van der Waals surface area contributed by atoms with Crippen molar-refractivity contribution in [2.24, 2.45) is 4.99 Å². The normalized spacial score (nSPS) is 11.2. The average Bonchev–Trinajstić information content (AvgIpc) is 2.63. The van der Waals surface area contributed by atoms with E-state index in [-0.39, 0.29) is 24.0 Å². The number of rotatable bonds is 12. The highest BCUT2D eigenvalue weighted by atomic mass is 127. The van der Waals surface area contributed by atoms with Crippen LogP contribution in [0.5, 0.6) is 5.75 Å². The average molecular weight is 476 g/mol. The molecule has 0 aliphatic rings. The van der Waals surface area contributed by atoms with Crippen molar-refractivity contribution in [1.82, 2.24) is 15.5 Å². The fourth-order valence-electron chi connectivity index (χ4n) is 2.49. The third kappa shape index (κ3) is 11.6. The molecule has 0 unspecified atom stereocenters. The summed E-state index contributed by atoms with van der Waals surface area (Å²) in [5.74, 6) is 1.78. The Kier molecular flexibility index (Phi) is 15.5. The first kappa shape index (κ1) is 25.0. The van der Waals surface area contributed by atoms with Gasteiger partial charge in [0.05, 0.1) is 6.54 Å². The highest BCUT2D eigenvalue weighted by Gasteiger charge is 2.00. The second kappa shape index (κ2) is 16.2. The molecule has 26 heavy (non-hydrogen) atoms. The van der Waals surface area contributed by atoms with Crippen molar-refractivity contribution in [2.75, 3.05) is 45.9 Å². The molecule has 0 radical (unpaired) electrons. The molecule has 1 rings (SSSR count). The predicted octanol–water partition coefficient (Wildman–Crippen LogP) is 3.67. The van der Waals surface area contributed by atoms with Gasteiger partial charge in [0.2, 0.25) is 0 Å². The molecule has 0 fully saturated rings. The van der Waals surface area contributed by atoms with Crippen molar-refractivity contribution in [1.29, 1.82) is 0 Å². The van der Waals surface area contributed by atoms with E-state index < -0.39 is 0 Å². The number of aliphatic imine (C=N–C) groups is 1. The fourth-order valence-corrected chi connectivity index (χ4v) is 2.49. The van der Waals surface area contributed by atoms with Crippen LogP contribution in [0.25, 0.3) is 0 Å². The summed E-state index contributed by atoms with van der Waals surface area (Å²) in [6.07, 6.45) is 2.31. The first-order chi connectivity index (χ1) is 12.2. The molecular formula is C20H37IN4O. The largest absolute Gasteiger partial charge is 0.492 e. The van der Waals surface area contributed by atoms with Crippen LogP contribution in [0.2, 0.25) is 0 Å². The molecule has 0 spiro atoms. The summed E-state index contributed by atoms with van der Waals surface area (Å²) in [7, 11) is 0. The van der Waals surface area contributed by atoms with Gasteiger partial charge in [-0.25, -0.2) is 0 Å². The van der Waals surface area contributed by atoms with Crippen LogP contribution >= 0.6 is 24.0 Å². The van der Waals surface area contributed by atoms with Gasteiger partial charge in [-0.15, -0.1) is 24.0 Å². The highest BCUT2D eigenvalue weighted by Crippen LogP contribution is 2.10. The lowest BCUT2D eigenvalue weighted by atomic mass is 10.2. The lowest BCUT2D eigenvalue weighted by Crippen LogP contribution is -2.39. The first-order valence-electron chi connectivity index (χ1n) is 9.63. The van der Waals surface area contributed by atoms with E-state index in [4.69, 9.17) is 4.74 Å². The van der Waals surface area contributed by atoms with Crippen LogP contribution in [0.3, 0.4) is 0 Å². The van der Waals surface area contributed by atoms with Gasteiger partial charge in [-0.05, 0) is 58.5 Å². The van der Waals surface area contributed by atoms with Crippen molar-refractivity contribution < 1.29 is 4.74 Å².